The van der Waals surface area contributed by atoms with Crippen LogP contribution in [0.3, 0.4) is 0 Å². The summed E-state index contributed by atoms with van der Waals surface area (Å²) in [7, 11) is 0. The smallest absolute Gasteiger partial charge is 0.293 e. The number of rotatable bonds is 4. The van der Waals surface area contributed by atoms with Gasteiger partial charge in [-0.25, -0.2) is 9.07 Å². The van der Waals surface area contributed by atoms with Crippen molar-refractivity contribution in [3.8, 4) is 0 Å². The van der Waals surface area contributed by atoms with Gasteiger partial charge in [0, 0.05) is 16.3 Å². The van der Waals surface area contributed by atoms with Gasteiger partial charge in [-0.15, -0.1) is 17.5 Å². The van der Waals surface area contributed by atoms with Crippen molar-refractivity contribution < 1.29 is 13.6 Å². The molecule has 4 aromatic rings. The number of furan rings is 1. The van der Waals surface area contributed by atoms with Crippen LogP contribution in [0.15, 0.2) is 77.4 Å². The second-order valence-electron chi connectivity index (χ2n) is 6.79. The van der Waals surface area contributed by atoms with E-state index in [1.165, 1.54) is 23.1 Å². The van der Waals surface area contributed by atoms with E-state index in [0.29, 0.717) is 11.6 Å². The van der Waals surface area contributed by atoms with Gasteiger partial charge in [0.25, 0.3) is 11.9 Å². The number of hydrogen-bond donors (Lipinski definition) is 2. The number of hydrogen-bond acceptors (Lipinski definition) is 5. The first-order valence-electron chi connectivity index (χ1n) is 9.40. The van der Waals surface area contributed by atoms with Gasteiger partial charge in [0.15, 0.2) is 5.76 Å². The van der Waals surface area contributed by atoms with Gasteiger partial charge in [0.05, 0.1) is 6.26 Å². The number of aromatic nitrogens is 3. The molecule has 2 N–H and O–H groups in total. The number of nitrogens with one attached hydrogen (secondary N) is 2. The van der Waals surface area contributed by atoms with Crippen LogP contribution in [0.4, 0.5) is 16.3 Å². The predicted octanol–water partition coefficient (Wildman–Crippen LogP) is 5.39. The molecule has 0 saturated carbocycles. The summed E-state index contributed by atoms with van der Waals surface area (Å²) < 4.78 is 21.4. The molecular formula is C22H16Cl2FN5O2. The monoisotopic (exact) mass is 471 g/mol. The molecule has 2 aromatic heterocycles. The minimum Gasteiger partial charge on any atom is -0.459 e. The molecule has 32 heavy (non-hydrogen) atoms. The van der Waals surface area contributed by atoms with Gasteiger partial charge < -0.3 is 9.73 Å². The Balaban J connectivity index is 0.00000245. The van der Waals surface area contributed by atoms with Gasteiger partial charge in [0.1, 0.15) is 11.9 Å². The Morgan fingerprint density at radius 2 is 1.94 bits per heavy atom. The van der Waals surface area contributed by atoms with Crippen molar-refractivity contribution >= 4 is 47.5 Å². The van der Waals surface area contributed by atoms with Gasteiger partial charge in [-0.2, -0.15) is 4.98 Å². The molecule has 0 aliphatic carbocycles. The van der Waals surface area contributed by atoms with Crippen molar-refractivity contribution in [1.29, 1.82) is 0 Å². The normalized spacial score (nSPS) is 14.6. The lowest BCUT2D eigenvalue weighted by Gasteiger charge is -2.25. The summed E-state index contributed by atoms with van der Waals surface area (Å²) in [5, 5.41) is 10.4. The van der Waals surface area contributed by atoms with Crippen molar-refractivity contribution in [1.82, 2.24) is 14.8 Å². The summed E-state index contributed by atoms with van der Waals surface area (Å²) >= 11 is 6.35. The van der Waals surface area contributed by atoms with Crippen LogP contribution in [0.1, 0.15) is 27.7 Å². The molecular weight excluding hydrogens is 456 g/mol. The lowest BCUT2D eigenvalue weighted by molar-refractivity contribution is 0.0995. The SMILES string of the molecule is Cl.O=C(Nc1nc2n(n1)C(c1c(F)cccc1Cl)C=C(c1ccccc1)N2)c1ccco1. The molecule has 0 radical (unpaired) electrons. The molecule has 0 spiro atoms. The minimum absolute atomic E-state index is 0. The second kappa shape index (κ2) is 8.86. The Morgan fingerprint density at radius 3 is 2.66 bits per heavy atom. The number of halogens is 3. The summed E-state index contributed by atoms with van der Waals surface area (Å²) in [5.74, 6) is -0.461. The molecule has 7 nitrogen and oxygen atoms in total. The molecule has 5 rings (SSSR count). The van der Waals surface area contributed by atoms with Gasteiger partial charge in [-0.1, -0.05) is 48.0 Å². The number of nitrogens with zero attached hydrogens (tertiary/aromatic N) is 3. The Kier molecular flexibility index (Phi) is 5.98. The third kappa shape index (κ3) is 3.98. The molecule has 2 aromatic carbocycles. The quantitative estimate of drug-likeness (QED) is 0.416. The number of carbonyl (C=O) groups excluding carboxylic acids is 1. The first-order valence-corrected chi connectivity index (χ1v) is 9.77. The fourth-order valence-electron chi connectivity index (χ4n) is 3.40. The maximum absolute atomic E-state index is 14.8. The highest BCUT2D eigenvalue weighted by molar-refractivity contribution is 6.31. The Bertz CT molecular complexity index is 1270. The molecule has 10 heteroatoms. The fourth-order valence-corrected chi connectivity index (χ4v) is 3.68. The second-order valence-corrected chi connectivity index (χ2v) is 7.19. The zero-order valence-electron chi connectivity index (χ0n) is 16.3. The highest BCUT2D eigenvalue weighted by Gasteiger charge is 2.29. The molecule has 0 fully saturated rings. The van der Waals surface area contributed by atoms with Crippen molar-refractivity contribution in [2.45, 2.75) is 6.04 Å². The number of anilines is 2. The van der Waals surface area contributed by atoms with E-state index in [2.05, 4.69) is 20.7 Å². The van der Waals surface area contributed by atoms with Crippen LogP contribution in [-0.4, -0.2) is 20.7 Å². The first kappa shape index (κ1) is 21.6. The fraction of sp³-hybridized carbons (Fsp3) is 0.0455. The molecule has 1 amide bonds. The van der Waals surface area contributed by atoms with Crippen LogP contribution < -0.4 is 10.6 Å². The molecule has 162 valence electrons. The number of allylic oxidation sites excluding steroid dienone is 1. The van der Waals surface area contributed by atoms with Crippen molar-refractivity contribution in [3.63, 3.8) is 0 Å². The third-order valence-electron chi connectivity index (χ3n) is 4.82. The van der Waals surface area contributed by atoms with E-state index < -0.39 is 17.8 Å². The Morgan fingerprint density at radius 1 is 1.12 bits per heavy atom. The lowest BCUT2D eigenvalue weighted by Crippen LogP contribution is -2.21. The average Bonchev–Trinajstić information content (AvgIpc) is 3.44. The molecule has 0 saturated heterocycles. The largest absolute Gasteiger partial charge is 0.459 e. The number of fused-ring (bicyclic) bond motifs is 1. The van der Waals surface area contributed by atoms with Crippen LogP contribution in [0.2, 0.25) is 5.02 Å². The van der Waals surface area contributed by atoms with Crippen molar-refractivity contribution in [2.75, 3.05) is 10.6 Å². The van der Waals surface area contributed by atoms with Crippen molar-refractivity contribution in [2.24, 2.45) is 0 Å². The maximum Gasteiger partial charge on any atom is 0.293 e. The van der Waals surface area contributed by atoms with Crippen LogP contribution in [0.25, 0.3) is 5.70 Å². The highest BCUT2D eigenvalue weighted by atomic mass is 35.5. The van der Waals surface area contributed by atoms with E-state index in [9.17, 15) is 9.18 Å². The molecule has 1 aliphatic rings. The zero-order valence-corrected chi connectivity index (χ0v) is 17.9. The molecule has 3 heterocycles. The van der Waals surface area contributed by atoms with Crippen LogP contribution in [-0.2, 0) is 0 Å². The van der Waals surface area contributed by atoms with E-state index in [0.717, 1.165) is 5.56 Å². The van der Waals surface area contributed by atoms with E-state index in [1.807, 2.05) is 36.4 Å². The Hall–Kier alpha value is -3.62. The third-order valence-corrected chi connectivity index (χ3v) is 5.15. The molecule has 1 atom stereocenters. The summed E-state index contributed by atoms with van der Waals surface area (Å²) in [4.78, 5) is 16.7. The summed E-state index contributed by atoms with van der Waals surface area (Å²) in [6.07, 6.45) is 3.22. The van der Waals surface area contributed by atoms with E-state index in [4.69, 9.17) is 16.0 Å². The van der Waals surface area contributed by atoms with Gasteiger partial charge in [0.2, 0.25) is 5.95 Å². The van der Waals surface area contributed by atoms with E-state index in [1.54, 1.807) is 18.2 Å². The zero-order chi connectivity index (χ0) is 21.4. The van der Waals surface area contributed by atoms with Gasteiger partial charge in [-0.05, 0) is 35.9 Å². The van der Waals surface area contributed by atoms with Crippen LogP contribution >= 0.6 is 24.0 Å². The van der Waals surface area contributed by atoms with E-state index in [-0.39, 0.29) is 34.7 Å². The molecule has 1 aliphatic heterocycles. The Labute approximate surface area is 193 Å². The number of benzene rings is 2. The van der Waals surface area contributed by atoms with Gasteiger partial charge >= 0.3 is 0 Å². The van der Waals surface area contributed by atoms with Crippen molar-refractivity contribution in [3.05, 3.63) is 101 Å². The van der Waals surface area contributed by atoms with Gasteiger partial charge in [-0.3, -0.25) is 10.1 Å². The minimum atomic E-state index is -0.679. The maximum atomic E-state index is 14.8. The topological polar surface area (TPSA) is 85.0 Å². The molecule has 0 bridgehead atoms. The molecule has 1 unspecified atom stereocenters. The van der Waals surface area contributed by atoms with E-state index >= 15 is 0 Å². The first-order chi connectivity index (χ1) is 15.1. The highest BCUT2D eigenvalue weighted by Crippen LogP contribution is 2.37. The standard InChI is InChI=1S/C22H15ClFN5O2.ClH/c23-14-8-4-9-15(24)19(14)17-12-16(13-6-2-1-3-7-13)25-22-27-21(28-29(17)22)26-20(30)18-10-5-11-31-18;/h1-12,17H,(H2,25,26,27,28,30);1H. The average molecular weight is 472 g/mol. The summed E-state index contributed by atoms with van der Waals surface area (Å²) in [6, 6.07) is 16.5. The summed E-state index contributed by atoms with van der Waals surface area (Å²) in [5.41, 5.74) is 1.86. The number of carbonyl (C=O) groups is 1. The number of amides is 1. The van der Waals surface area contributed by atoms with Crippen LogP contribution in [0, 0.1) is 5.82 Å². The predicted molar refractivity (Wildman–Crippen MR) is 122 cm³/mol. The summed E-state index contributed by atoms with van der Waals surface area (Å²) in [6.45, 7) is 0. The van der Waals surface area contributed by atoms with Crippen LogP contribution in [0.5, 0.6) is 0 Å². The lowest BCUT2D eigenvalue weighted by atomic mass is 10.0.